The summed E-state index contributed by atoms with van der Waals surface area (Å²) in [6, 6.07) is 17.4. The Hall–Kier alpha value is -3.35. The monoisotopic (exact) mass is 508 g/mol. The molecule has 0 bridgehead atoms. The van der Waals surface area contributed by atoms with Crippen LogP contribution >= 0.6 is 27.5 Å². The van der Waals surface area contributed by atoms with Crippen LogP contribution in [0.4, 0.5) is 0 Å². The van der Waals surface area contributed by atoms with Gasteiger partial charge in [0.2, 0.25) is 11.5 Å². The molecular formula is C25H14BrClO5. The zero-order valence-electron chi connectivity index (χ0n) is 16.6. The zero-order valence-corrected chi connectivity index (χ0v) is 19.0. The van der Waals surface area contributed by atoms with Crippen molar-refractivity contribution >= 4 is 56.3 Å². The van der Waals surface area contributed by atoms with Crippen molar-refractivity contribution in [3.05, 3.63) is 98.4 Å². The average Bonchev–Trinajstić information content (AvgIpc) is 3.33. The van der Waals surface area contributed by atoms with Crippen molar-refractivity contribution in [3.63, 3.8) is 0 Å². The van der Waals surface area contributed by atoms with Crippen LogP contribution in [0.15, 0.2) is 75.3 Å². The normalized spacial score (nSPS) is 14.0. The summed E-state index contributed by atoms with van der Waals surface area (Å²) < 4.78 is 17.9. The Morgan fingerprint density at radius 3 is 2.72 bits per heavy atom. The van der Waals surface area contributed by atoms with Gasteiger partial charge in [-0.1, -0.05) is 45.7 Å². The highest BCUT2D eigenvalue weighted by atomic mass is 79.9. The van der Waals surface area contributed by atoms with E-state index < -0.39 is 5.97 Å². The number of carbonyl (C=O) groups excluding carboxylic acids is 2. The van der Waals surface area contributed by atoms with Crippen LogP contribution in [-0.2, 0) is 0 Å². The maximum Gasteiger partial charge on any atom is 0.379 e. The summed E-state index contributed by atoms with van der Waals surface area (Å²) in [6.07, 6.45) is 1.60. The van der Waals surface area contributed by atoms with E-state index in [9.17, 15) is 9.59 Å². The second kappa shape index (κ2) is 7.97. The molecule has 0 fully saturated rings. The lowest BCUT2D eigenvalue weighted by molar-refractivity contribution is 0.0702. The summed E-state index contributed by atoms with van der Waals surface area (Å²) in [6.45, 7) is 1.73. The van der Waals surface area contributed by atoms with E-state index in [1.54, 1.807) is 49.4 Å². The van der Waals surface area contributed by atoms with E-state index in [0.29, 0.717) is 33.0 Å². The third-order valence-corrected chi connectivity index (χ3v) is 5.95. The number of halogens is 2. The minimum absolute atomic E-state index is 0.0781. The molecule has 3 aromatic carbocycles. The SMILES string of the molecule is Cc1c(OC(=O)c2cc3cc(Br)ccc3o2)ccc2c1O/C(=C\c1ccccc1Cl)C2=O. The first-order valence-corrected chi connectivity index (χ1v) is 10.8. The molecule has 2 heterocycles. The number of ether oxygens (including phenoxy) is 2. The highest BCUT2D eigenvalue weighted by Gasteiger charge is 2.31. The highest BCUT2D eigenvalue weighted by Crippen LogP contribution is 2.40. The van der Waals surface area contributed by atoms with Crippen LogP contribution in [0.5, 0.6) is 11.5 Å². The number of benzene rings is 3. The molecule has 0 radical (unpaired) electrons. The van der Waals surface area contributed by atoms with Crippen molar-refractivity contribution in [2.24, 2.45) is 0 Å². The van der Waals surface area contributed by atoms with Crippen LogP contribution in [0.1, 0.15) is 32.0 Å². The molecule has 0 amide bonds. The molecule has 0 saturated heterocycles. The number of hydrogen-bond acceptors (Lipinski definition) is 5. The first-order chi connectivity index (χ1) is 15.4. The molecule has 0 spiro atoms. The Kier molecular flexibility index (Phi) is 5.12. The van der Waals surface area contributed by atoms with Crippen LogP contribution in [0.3, 0.4) is 0 Å². The number of carbonyl (C=O) groups is 2. The summed E-state index contributed by atoms with van der Waals surface area (Å²) in [5.74, 6) is -0.0357. The van der Waals surface area contributed by atoms with Crippen LogP contribution in [0, 0.1) is 6.92 Å². The van der Waals surface area contributed by atoms with Gasteiger partial charge in [0.25, 0.3) is 0 Å². The largest absolute Gasteiger partial charge is 0.452 e. The topological polar surface area (TPSA) is 65.7 Å². The van der Waals surface area contributed by atoms with Crippen molar-refractivity contribution in [3.8, 4) is 11.5 Å². The van der Waals surface area contributed by atoms with Gasteiger partial charge in [-0.15, -0.1) is 0 Å². The number of Topliss-reactive ketones (excluding diaryl/α,β-unsaturated/α-hetero) is 1. The molecule has 4 aromatic rings. The number of ketones is 1. The smallest absolute Gasteiger partial charge is 0.379 e. The van der Waals surface area contributed by atoms with E-state index in [4.69, 9.17) is 25.5 Å². The average molecular weight is 510 g/mol. The molecule has 5 rings (SSSR count). The summed E-state index contributed by atoms with van der Waals surface area (Å²) in [5.41, 5.74) is 2.18. The molecule has 0 atom stereocenters. The van der Waals surface area contributed by atoms with Crippen molar-refractivity contribution in [2.45, 2.75) is 6.92 Å². The van der Waals surface area contributed by atoms with Gasteiger partial charge in [-0.05, 0) is 61.0 Å². The third kappa shape index (κ3) is 3.61. The van der Waals surface area contributed by atoms with E-state index >= 15 is 0 Å². The van der Waals surface area contributed by atoms with Crippen LogP contribution in [-0.4, -0.2) is 11.8 Å². The minimum Gasteiger partial charge on any atom is -0.452 e. The molecular weight excluding hydrogens is 496 g/mol. The lowest BCUT2D eigenvalue weighted by Gasteiger charge is -2.09. The second-order valence-electron chi connectivity index (χ2n) is 7.21. The Morgan fingerprint density at radius 1 is 1.09 bits per heavy atom. The Labute approximate surface area is 196 Å². The molecule has 158 valence electrons. The predicted molar refractivity (Wildman–Crippen MR) is 124 cm³/mol. The number of allylic oxidation sites excluding steroid dienone is 1. The van der Waals surface area contributed by atoms with Gasteiger partial charge in [0.15, 0.2) is 5.76 Å². The highest BCUT2D eigenvalue weighted by molar-refractivity contribution is 9.10. The molecule has 1 aliphatic heterocycles. The van der Waals surface area contributed by atoms with Crippen molar-refractivity contribution in [1.82, 2.24) is 0 Å². The van der Waals surface area contributed by atoms with Crippen LogP contribution in [0.25, 0.3) is 17.0 Å². The van der Waals surface area contributed by atoms with Gasteiger partial charge in [-0.2, -0.15) is 0 Å². The van der Waals surface area contributed by atoms with Gasteiger partial charge < -0.3 is 13.9 Å². The van der Waals surface area contributed by atoms with E-state index in [0.717, 1.165) is 9.86 Å². The van der Waals surface area contributed by atoms with E-state index in [1.807, 2.05) is 24.3 Å². The lowest BCUT2D eigenvalue weighted by Crippen LogP contribution is -2.08. The van der Waals surface area contributed by atoms with Gasteiger partial charge in [-0.25, -0.2) is 4.79 Å². The number of fused-ring (bicyclic) bond motifs is 2. The van der Waals surface area contributed by atoms with E-state index in [1.165, 1.54) is 0 Å². The molecule has 5 nitrogen and oxygen atoms in total. The Balaban J connectivity index is 1.43. The molecule has 0 aliphatic carbocycles. The third-order valence-electron chi connectivity index (χ3n) is 5.11. The fourth-order valence-electron chi connectivity index (χ4n) is 3.48. The van der Waals surface area contributed by atoms with Gasteiger partial charge in [0.05, 0.1) is 5.56 Å². The quantitative estimate of drug-likeness (QED) is 0.169. The maximum absolute atomic E-state index is 12.8. The van der Waals surface area contributed by atoms with E-state index in [-0.39, 0.29) is 23.1 Å². The Morgan fingerprint density at radius 2 is 1.91 bits per heavy atom. The second-order valence-corrected chi connectivity index (χ2v) is 8.53. The molecule has 1 aliphatic rings. The Bertz CT molecular complexity index is 1450. The van der Waals surface area contributed by atoms with Crippen LogP contribution < -0.4 is 9.47 Å². The summed E-state index contributed by atoms with van der Waals surface area (Å²) in [5, 5.41) is 1.29. The molecule has 1 aromatic heterocycles. The van der Waals surface area contributed by atoms with Gasteiger partial charge in [0, 0.05) is 20.4 Å². The summed E-state index contributed by atoms with van der Waals surface area (Å²) in [4.78, 5) is 25.5. The van der Waals surface area contributed by atoms with Crippen molar-refractivity contribution < 1.29 is 23.5 Å². The van der Waals surface area contributed by atoms with Gasteiger partial charge >= 0.3 is 5.97 Å². The predicted octanol–water partition coefficient (Wildman–Crippen LogP) is 6.99. The number of esters is 1. The zero-order chi connectivity index (χ0) is 22.4. The fourth-order valence-corrected chi connectivity index (χ4v) is 4.05. The molecule has 0 N–H and O–H groups in total. The number of hydrogen-bond donors (Lipinski definition) is 0. The molecule has 0 saturated carbocycles. The van der Waals surface area contributed by atoms with E-state index in [2.05, 4.69) is 15.9 Å². The molecule has 32 heavy (non-hydrogen) atoms. The fraction of sp³-hybridized carbons (Fsp3) is 0.0400. The maximum atomic E-state index is 12.8. The summed E-state index contributed by atoms with van der Waals surface area (Å²) in [7, 11) is 0. The standard InChI is InChI=1S/C25H14BrClO5/c1-13-19(32-25(29)22-12-15-10-16(26)6-8-20(15)30-22)9-7-17-23(28)21(31-24(13)17)11-14-4-2-3-5-18(14)27/h2-12H,1H3/b21-11-. The van der Waals surface area contributed by atoms with Gasteiger partial charge in [0.1, 0.15) is 17.1 Å². The molecule has 0 unspecified atom stereocenters. The summed E-state index contributed by atoms with van der Waals surface area (Å²) >= 11 is 9.58. The number of rotatable bonds is 3. The lowest BCUT2D eigenvalue weighted by atomic mass is 10.1. The first kappa shape index (κ1) is 20.5. The first-order valence-electron chi connectivity index (χ1n) is 9.64. The molecule has 7 heteroatoms. The van der Waals surface area contributed by atoms with Gasteiger partial charge in [-0.3, -0.25) is 4.79 Å². The van der Waals surface area contributed by atoms with Crippen LogP contribution in [0.2, 0.25) is 5.02 Å². The minimum atomic E-state index is -0.642. The van der Waals surface area contributed by atoms with Crippen molar-refractivity contribution in [1.29, 1.82) is 0 Å². The number of furan rings is 1. The van der Waals surface area contributed by atoms with Crippen molar-refractivity contribution in [2.75, 3.05) is 0 Å².